The van der Waals surface area contributed by atoms with Gasteiger partial charge in [-0.3, -0.25) is 4.79 Å². The molecule has 0 heterocycles. The van der Waals surface area contributed by atoms with Gasteiger partial charge in [0.25, 0.3) is 0 Å². The van der Waals surface area contributed by atoms with Crippen molar-refractivity contribution < 1.29 is 4.79 Å². The van der Waals surface area contributed by atoms with Gasteiger partial charge in [0.15, 0.2) is 0 Å². The lowest BCUT2D eigenvalue weighted by atomic mass is 9.80. The lowest BCUT2D eigenvalue weighted by molar-refractivity contribution is -0.125. The van der Waals surface area contributed by atoms with Crippen molar-refractivity contribution in [1.29, 1.82) is 10.5 Å². The first-order valence-corrected chi connectivity index (χ1v) is 7.33. The van der Waals surface area contributed by atoms with Crippen molar-refractivity contribution in [2.24, 2.45) is 5.41 Å². The maximum Gasteiger partial charge on any atom is 0.247 e. The summed E-state index contributed by atoms with van der Waals surface area (Å²) in [5, 5.41) is 18.8. The minimum absolute atomic E-state index is 0.186. The smallest absolute Gasteiger partial charge is 0.247 e. The molecule has 0 saturated heterocycles. The van der Waals surface area contributed by atoms with Crippen LogP contribution in [0.15, 0.2) is 24.3 Å². The molecule has 4 heteroatoms. The van der Waals surface area contributed by atoms with Gasteiger partial charge in [-0.05, 0) is 25.0 Å². The third-order valence-electron chi connectivity index (χ3n) is 4.27. The molecule has 21 heavy (non-hydrogen) atoms. The summed E-state index contributed by atoms with van der Waals surface area (Å²) in [5.74, 6) is -0.186. The number of hydrogen-bond donors (Lipinski definition) is 0. The van der Waals surface area contributed by atoms with Gasteiger partial charge in [-0.25, -0.2) is 0 Å². The van der Waals surface area contributed by atoms with Crippen LogP contribution in [0.5, 0.6) is 0 Å². The third-order valence-corrected chi connectivity index (χ3v) is 4.27. The van der Waals surface area contributed by atoms with E-state index in [1.165, 1.54) is 4.90 Å². The van der Waals surface area contributed by atoms with Crippen molar-refractivity contribution in [3.05, 3.63) is 29.8 Å². The van der Waals surface area contributed by atoms with E-state index < -0.39 is 5.41 Å². The summed E-state index contributed by atoms with van der Waals surface area (Å²) in [5.41, 5.74) is 0.0901. The number of amides is 1. The molecule has 1 fully saturated rings. The molecule has 4 nitrogen and oxygen atoms in total. The van der Waals surface area contributed by atoms with Crippen LogP contribution in [-0.2, 0) is 4.79 Å². The molecule has 0 bridgehead atoms. The van der Waals surface area contributed by atoms with Crippen molar-refractivity contribution in [3.63, 3.8) is 0 Å². The summed E-state index contributed by atoms with van der Waals surface area (Å²) in [7, 11) is 1.66. The lowest BCUT2D eigenvalue weighted by Crippen LogP contribution is -2.41. The van der Waals surface area contributed by atoms with Crippen LogP contribution in [-0.4, -0.2) is 13.0 Å². The van der Waals surface area contributed by atoms with E-state index in [9.17, 15) is 15.3 Å². The highest BCUT2D eigenvalue weighted by molar-refractivity contribution is 5.99. The molecule has 0 N–H and O–H groups in total. The van der Waals surface area contributed by atoms with E-state index in [0.29, 0.717) is 24.1 Å². The van der Waals surface area contributed by atoms with Crippen molar-refractivity contribution in [3.8, 4) is 12.1 Å². The van der Waals surface area contributed by atoms with Crippen molar-refractivity contribution in [2.45, 2.75) is 38.5 Å². The molecule has 1 amide bonds. The van der Waals surface area contributed by atoms with Crippen LogP contribution in [0.2, 0.25) is 0 Å². The molecule has 108 valence electrons. The number of anilines is 1. The van der Waals surface area contributed by atoms with E-state index in [1.807, 2.05) is 0 Å². The number of hydrogen-bond acceptors (Lipinski definition) is 3. The van der Waals surface area contributed by atoms with Gasteiger partial charge < -0.3 is 4.90 Å². The van der Waals surface area contributed by atoms with Crippen molar-refractivity contribution in [2.75, 3.05) is 11.9 Å². The van der Waals surface area contributed by atoms with E-state index in [0.717, 1.165) is 25.7 Å². The van der Waals surface area contributed by atoms with Crippen LogP contribution < -0.4 is 4.90 Å². The molecule has 0 radical (unpaired) electrons. The zero-order chi connectivity index (χ0) is 15.3. The van der Waals surface area contributed by atoms with E-state index >= 15 is 0 Å². The lowest BCUT2D eigenvalue weighted by Gasteiger charge is -2.29. The topological polar surface area (TPSA) is 67.9 Å². The largest absolute Gasteiger partial charge is 0.313 e. The normalized spacial score (nSPS) is 17.1. The summed E-state index contributed by atoms with van der Waals surface area (Å²) in [6.07, 6.45) is 5.20. The van der Waals surface area contributed by atoms with Gasteiger partial charge in [0.1, 0.15) is 11.5 Å². The molecule has 0 spiro atoms. The molecule has 0 aliphatic heterocycles. The van der Waals surface area contributed by atoms with Crippen LogP contribution in [0.25, 0.3) is 0 Å². The second-order valence-corrected chi connectivity index (χ2v) is 5.60. The Kier molecular flexibility index (Phi) is 4.60. The Labute approximate surface area is 125 Å². The molecule has 0 aromatic heterocycles. The average Bonchev–Trinajstić information content (AvgIpc) is 2.79. The summed E-state index contributed by atoms with van der Waals surface area (Å²) < 4.78 is 0. The molecule has 1 aliphatic rings. The first-order chi connectivity index (χ1) is 10.1. The molecule has 0 atom stereocenters. The Hall–Kier alpha value is -2.33. The Morgan fingerprint density at radius 1 is 1.14 bits per heavy atom. The van der Waals surface area contributed by atoms with Gasteiger partial charge in [-0.2, -0.15) is 10.5 Å². The molecule has 1 aromatic rings. The summed E-state index contributed by atoms with van der Waals surface area (Å²) in [6.45, 7) is 0. The molecular formula is C17H19N3O. The molecule has 1 aromatic carbocycles. The van der Waals surface area contributed by atoms with Gasteiger partial charge in [0, 0.05) is 7.05 Å². The first-order valence-electron chi connectivity index (χ1n) is 7.33. The van der Waals surface area contributed by atoms with Crippen LogP contribution in [0.1, 0.15) is 44.1 Å². The van der Waals surface area contributed by atoms with E-state index in [-0.39, 0.29) is 5.91 Å². The van der Waals surface area contributed by atoms with E-state index in [2.05, 4.69) is 12.1 Å². The summed E-state index contributed by atoms with van der Waals surface area (Å²) in [4.78, 5) is 14.3. The number of benzene rings is 1. The number of carbonyl (C=O) groups excluding carboxylic acids is 1. The van der Waals surface area contributed by atoms with Gasteiger partial charge >= 0.3 is 0 Å². The van der Waals surface area contributed by atoms with Gasteiger partial charge in [-0.15, -0.1) is 0 Å². The monoisotopic (exact) mass is 281 g/mol. The Morgan fingerprint density at radius 2 is 1.76 bits per heavy atom. The average molecular weight is 281 g/mol. The zero-order valence-corrected chi connectivity index (χ0v) is 12.3. The Balaban J connectivity index is 2.33. The number of rotatable bonds is 2. The molecule has 2 rings (SSSR count). The SMILES string of the molecule is CN(C(=O)C1(C#N)CCCCCC1)c1ccccc1C#N. The fourth-order valence-electron chi connectivity index (χ4n) is 3.00. The minimum Gasteiger partial charge on any atom is -0.313 e. The van der Waals surface area contributed by atoms with Crippen molar-refractivity contribution >= 4 is 11.6 Å². The molecular weight excluding hydrogens is 262 g/mol. The molecule has 1 aliphatic carbocycles. The van der Waals surface area contributed by atoms with Gasteiger partial charge in [-0.1, -0.05) is 37.8 Å². The first kappa shape index (κ1) is 15.1. The maximum absolute atomic E-state index is 12.9. The maximum atomic E-state index is 12.9. The van der Waals surface area contributed by atoms with Crippen LogP contribution in [0.4, 0.5) is 5.69 Å². The second kappa shape index (κ2) is 6.41. The van der Waals surface area contributed by atoms with E-state index in [4.69, 9.17) is 0 Å². The minimum atomic E-state index is -0.937. The van der Waals surface area contributed by atoms with Crippen LogP contribution >= 0.6 is 0 Å². The Bertz CT molecular complexity index is 601. The second-order valence-electron chi connectivity index (χ2n) is 5.60. The molecule has 0 unspecified atom stereocenters. The van der Waals surface area contributed by atoms with Crippen LogP contribution in [0, 0.1) is 28.1 Å². The number of para-hydroxylation sites is 1. The number of nitrogens with zero attached hydrogens (tertiary/aromatic N) is 3. The third kappa shape index (κ3) is 2.90. The van der Waals surface area contributed by atoms with E-state index in [1.54, 1.807) is 31.3 Å². The fraction of sp³-hybridized carbons (Fsp3) is 0.471. The standard InChI is InChI=1S/C17H19N3O/c1-20(15-9-5-4-8-14(15)12-18)16(21)17(13-19)10-6-2-3-7-11-17/h4-5,8-9H,2-3,6-7,10-11H2,1H3. The van der Waals surface area contributed by atoms with Crippen LogP contribution in [0.3, 0.4) is 0 Å². The zero-order valence-electron chi connectivity index (χ0n) is 12.3. The fourth-order valence-corrected chi connectivity index (χ4v) is 3.00. The number of carbonyl (C=O) groups is 1. The highest BCUT2D eigenvalue weighted by Gasteiger charge is 2.41. The number of nitriles is 2. The van der Waals surface area contributed by atoms with Crippen molar-refractivity contribution in [1.82, 2.24) is 0 Å². The predicted molar refractivity (Wildman–Crippen MR) is 80.3 cm³/mol. The summed E-state index contributed by atoms with van der Waals surface area (Å²) >= 11 is 0. The quantitative estimate of drug-likeness (QED) is 0.780. The predicted octanol–water partition coefficient (Wildman–Crippen LogP) is 3.39. The van der Waals surface area contributed by atoms with Gasteiger partial charge in [0.05, 0.1) is 17.3 Å². The van der Waals surface area contributed by atoms with Gasteiger partial charge in [0.2, 0.25) is 5.91 Å². The molecule has 1 saturated carbocycles. The Morgan fingerprint density at radius 3 is 2.33 bits per heavy atom. The summed E-state index contributed by atoms with van der Waals surface area (Å²) in [6, 6.07) is 11.4. The highest BCUT2D eigenvalue weighted by Crippen LogP contribution is 2.37. The highest BCUT2D eigenvalue weighted by atomic mass is 16.2.